The van der Waals surface area contributed by atoms with Crippen molar-refractivity contribution in [2.24, 2.45) is 0 Å². The van der Waals surface area contributed by atoms with E-state index in [1.165, 1.54) is 10.5 Å². The lowest BCUT2D eigenvalue weighted by atomic mass is 9.98. The van der Waals surface area contributed by atoms with E-state index in [0.29, 0.717) is 99.9 Å². The Morgan fingerprint density at radius 1 is 0.804 bits per heavy atom. The summed E-state index contributed by atoms with van der Waals surface area (Å²) in [6.45, 7) is 2.25. The zero-order valence-electron chi connectivity index (χ0n) is 27.8. The topological polar surface area (TPSA) is 152 Å². The second-order valence-corrected chi connectivity index (χ2v) is 13.4. The van der Waals surface area contributed by atoms with Gasteiger partial charge in [-0.05, 0) is 24.5 Å². The predicted octanol–water partition coefficient (Wildman–Crippen LogP) is 4.54. The number of carbonyl (C=O) groups is 2. The van der Waals surface area contributed by atoms with Crippen LogP contribution in [0.5, 0.6) is 5.88 Å². The number of pyridine rings is 1. The third kappa shape index (κ3) is 7.59. The number of benzene rings is 2. The van der Waals surface area contributed by atoms with E-state index >= 15 is 0 Å². The Morgan fingerprint density at radius 3 is 2.02 bits per heavy atom. The molecular formula is C37H36Cl2N8O4. The van der Waals surface area contributed by atoms with Crippen molar-refractivity contribution in [2.45, 2.75) is 50.9 Å². The van der Waals surface area contributed by atoms with Crippen molar-refractivity contribution < 1.29 is 14.3 Å². The molecule has 12 nitrogen and oxygen atoms in total. The van der Waals surface area contributed by atoms with Crippen LogP contribution in [0.3, 0.4) is 0 Å². The maximum absolute atomic E-state index is 13.3. The van der Waals surface area contributed by atoms with Crippen molar-refractivity contribution >= 4 is 40.7 Å². The van der Waals surface area contributed by atoms with Gasteiger partial charge >= 0.3 is 0 Å². The van der Waals surface area contributed by atoms with Gasteiger partial charge in [-0.2, -0.15) is 0 Å². The van der Waals surface area contributed by atoms with E-state index in [2.05, 4.69) is 26.3 Å². The highest BCUT2D eigenvalue weighted by atomic mass is 35.5. The molecule has 2 aromatic carbocycles. The highest BCUT2D eigenvalue weighted by molar-refractivity contribution is 6.39. The summed E-state index contributed by atoms with van der Waals surface area (Å²) in [5.41, 5.74) is 5.36. The molecule has 2 aliphatic rings. The SMILES string of the molecule is COc1nc(-c2cccc(-c3cccc(-c4cc(=O)n5cc(CNC[C@H]6CCC(=O)N6)ccc5n4)c3Cl)c2Cl)cnc1CNC[C@@H]1CCC(=O)N1. The van der Waals surface area contributed by atoms with Crippen molar-refractivity contribution in [1.82, 2.24) is 40.6 Å². The largest absolute Gasteiger partial charge is 0.480 e. The summed E-state index contributed by atoms with van der Waals surface area (Å²) in [5.74, 6) is 0.525. The van der Waals surface area contributed by atoms with Gasteiger partial charge in [0.25, 0.3) is 5.56 Å². The lowest BCUT2D eigenvalue weighted by Gasteiger charge is -2.15. The first-order chi connectivity index (χ1) is 24.8. The smallest absolute Gasteiger partial charge is 0.258 e. The van der Waals surface area contributed by atoms with Crippen molar-refractivity contribution in [1.29, 1.82) is 0 Å². The molecule has 5 heterocycles. The lowest BCUT2D eigenvalue weighted by molar-refractivity contribution is -0.120. The molecule has 0 saturated carbocycles. The number of rotatable bonds is 12. The molecule has 4 N–H and O–H groups in total. The van der Waals surface area contributed by atoms with Gasteiger partial charge in [0.2, 0.25) is 17.7 Å². The van der Waals surface area contributed by atoms with Gasteiger partial charge in [-0.15, -0.1) is 0 Å². The van der Waals surface area contributed by atoms with E-state index in [1.807, 2.05) is 48.5 Å². The van der Waals surface area contributed by atoms with Crippen molar-refractivity contribution in [3.8, 4) is 39.5 Å². The van der Waals surface area contributed by atoms with Crippen molar-refractivity contribution in [3.05, 3.63) is 98.6 Å². The summed E-state index contributed by atoms with van der Waals surface area (Å²) in [4.78, 5) is 50.4. The molecule has 262 valence electrons. The standard InChI is InChI=1S/C37H36Cl2N8O4/c1-51-37-30(18-41-17-23-10-13-33(49)44-23)42-19-29(46-37)27-7-3-5-25(36(27)39)24-4-2-6-26(35(24)38)28-14-34(50)47-20-21(8-11-31(47)45-28)15-40-16-22-9-12-32(48)43-22/h2-8,11,14,19-20,22-23,40-41H,9-10,12-13,15-18H2,1H3,(H,43,48)(H,44,49)/t22-,23+/m1/s1. The summed E-state index contributed by atoms with van der Waals surface area (Å²) in [6.07, 6.45) is 6.15. The normalized spacial score (nSPS) is 17.2. The average Bonchev–Trinajstić information content (AvgIpc) is 3.75. The number of halogens is 2. The average molecular weight is 728 g/mol. The van der Waals surface area contributed by atoms with Crippen LogP contribution >= 0.6 is 23.2 Å². The van der Waals surface area contributed by atoms with Crippen LogP contribution in [0.4, 0.5) is 0 Å². The van der Waals surface area contributed by atoms with Gasteiger partial charge in [-0.25, -0.2) is 9.97 Å². The first kappa shape index (κ1) is 34.6. The fourth-order valence-electron chi connectivity index (χ4n) is 6.49. The van der Waals surface area contributed by atoms with Crippen molar-refractivity contribution in [3.63, 3.8) is 0 Å². The highest BCUT2D eigenvalue weighted by Crippen LogP contribution is 2.42. The summed E-state index contributed by atoms with van der Waals surface area (Å²) in [7, 11) is 1.54. The third-order valence-corrected chi connectivity index (χ3v) is 9.95. The molecule has 7 rings (SSSR count). The van der Waals surface area contributed by atoms with Crippen LogP contribution in [0.1, 0.15) is 36.9 Å². The molecule has 0 unspecified atom stereocenters. The molecule has 0 bridgehead atoms. The monoisotopic (exact) mass is 726 g/mol. The molecule has 2 saturated heterocycles. The number of nitrogens with zero attached hydrogens (tertiary/aromatic N) is 4. The van der Waals surface area contributed by atoms with Crippen LogP contribution in [0, 0.1) is 0 Å². The Labute approximate surface area is 304 Å². The molecule has 0 aliphatic carbocycles. The van der Waals surface area contributed by atoms with Crippen LogP contribution in [0.2, 0.25) is 10.0 Å². The third-order valence-electron chi connectivity index (χ3n) is 9.14. The summed E-state index contributed by atoms with van der Waals surface area (Å²) in [6, 6.07) is 16.6. The Morgan fingerprint density at radius 2 is 1.41 bits per heavy atom. The maximum Gasteiger partial charge on any atom is 0.258 e. The molecule has 3 aromatic heterocycles. The number of fused-ring (bicyclic) bond motifs is 1. The van der Waals surface area contributed by atoms with Gasteiger partial charge in [0.05, 0.1) is 34.7 Å². The zero-order chi connectivity index (χ0) is 35.5. The number of amides is 2. The van der Waals surface area contributed by atoms with Crippen molar-refractivity contribution in [2.75, 3.05) is 20.2 Å². The van der Waals surface area contributed by atoms with Crippen LogP contribution in [0.25, 0.3) is 39.3 Å². The molecule has 2 fully saturated rings. The number of methoxy groups -OCH3 is 1. The van der Waals surface area contributed by atoms with E-state index < -0.39 is 0 Å². The molecule has 2 atom stereocenters. The van der Waals surface area contributed by atoms with E-state index in [9.17, 15) is 14.4 Å². The second kappa shape index (κ2) is 15.2. The van der Waals surface area contributed by atoms with E-state index in [1.54, 1.807) is 19.5 Å². The molecule has 5 aromatic rings. The molecule has 0 spiro atoms. The van der Waals surface area contributed by atoms with Crippen LogP contribution in [-0.4, -0.2) is 63.4 Å². The number of hydrogen-bond donors (Lipinski definition) is 4. The van der Waals surface area contributed by atoms with Crippen LogP contribution < -0.4 is 31.6 Å². The van der Waals surface area contributed by atoms with Gasteiger partial charge < -0.3 is 26.0 Å². The van der Waals surface area contributed by atoms with E-state index in [4.69, 9.17) is 37.9 Å². The summed E-state index contributed by atoms with van der Waals surface area (Å²) >= 11 is 14.1. The Kier molecular flexibility index (Phi) is 10.3. The number of nitrogens with one attached hydrogen (secondary N) is 4. The molecule has 51 heavy (non-hydrogen) atoms. The minimum Gasteiger partial charge on any atom is -0.480 e. The Hall–Kier alpha value is -4.88. The molecule has 0 radical (unpaired) electrons. The maximum atomic E-state index is 13.3. The lowest BCUT2D eigenvalue weighted by Crippen LogP contribution is -2.35. The van der Waals surface area contributed by atoms with Gasteiger partial charge in [0, 0.05) is 85.6 Å². The molecule has 2 amide bonds. The second-order valence-electron chi connectivity index (χ2n) is 12.7. The fraction of sp³-hybridized carbons (Fsp3) is 0.297. The molecule has 14 heteroatoms. The van der Waals surface area contributed by atoms with Gasteiger partial charge in [0.15, 0.2) is 0 Å². The van der Waals surface area contributed by atoms with Gasteiger partial charge in [-0.3, -0.25) is 23.8 Å². The van der Waals surface area contributed by atoms with Gasteiger partial charge in [-0.1, -0.05) is 65.7 Å². The predicted molar refractivity (Wildman–Crippen MR) is 196 cm³/mol. The van der Waals surface area contributed by atoms with Crippen LogP contribution in [-0.2, 0) is 22.7 Å². The first-order valence-corrected chi connectivity index (χ1v) is 17.5. The zero-order valence-corrected chi connectivity index (χ0v) is 29.4. The number of hydrogen-bond acceptors (Lipinski definition) is 9. The Balaban J connectivity index is 1.11. The van der Waals surface area contributed by atoms with Gasteiger partial charge in [0.1, 0.15) is 11.3 Å². The minimum atomic E-state index is -0.238. The Bertz CT molecular complexity index is 2190. The number of aromatic nitrogens is 4. The minimum absolute atomic E-state index is 0.0735. The summed E-state index contributed by atoms with van der Waals surface area (Å²) < 4.78 is 7.09. The molecule has 2 aliphatic heterocycles. The first-order valence-electron chi connectivity index (χ1n) is 16.8. The summed E-state index contributed by atoms with van der Waals surface area (Å²) in [5, 5.41) is 13.4. The number of ether oxygens (including phenoxy) is 1. The van der Waals surface area contributed by atoms with E-state index in [0.717, 1.165) is 18.4 Å². The highest BCUT2D eigenvalue weighted by Gasteiger charge is 2.22. The molecular weight excluding hydrogens is 691 g/mol. The van der Waals surface area contributed by atoms with Crippen LogP contribution in [0.15, 0.2) is 71.8 Å². The van der Waals surface area contributed by atoms with E-state index in [-0.39, 0.29) is 29.5 Å². The number of carbonyl (C=O) groups excluding carboxylic acids is 2. The quantitative estimate of drug-likeness (QED) is 0.145. The fourth-order valence-corrected chi connectivity index (χ4v) is 7.14.